The van der Waals surface area contributed by atoms with Gasteiger partial charge < -0.3 is 16.4 Å². The van der Waals surface area contributed by atoms with Gasteiger partial charge in [0.2, 0.25) is 5.91 Å². The third-order valence-corrected chi connectivity index (χ3v) is 3.76. The first-order chi connectivity index (χ1) is 11.5. The van der Waals surface area contributed by atoms with Crippen LogP contribution in [0.4, 0.5) is 10.5 Å². The molecule has 0 aliphatic carbocycles. The van der Waals surface area contributed by atoms with Crippen LogP contribution in [0.15, 0.2) is 54.6 Å². The molecule has 0 saturated carbocycles. The summed E-state index contributed by atoms with van der Waals surface area (Å²) in [6.45, 7) is 4.22. The van der Waals surface area contributed by atoms with Crippen LogP contribution in [0.1, 0.15) is 30.9 Å². The first kappa shape index (κ1) is 17.5. The van der Waals surface area contributed by atoms with Crippen LogP contribution < -0.4 is 16.4 Å². The fourth-order valence-corrected chi connectivity index (χ4v) is 2.41. The van der Waals surface area contributed by atoms with Crippen molar-refractivity contribution in [2.75, 3.05) is 5.32 Å². The zero-order valence-electron chi connectivity index (χ0n) is 14.0. The van der Waals surface area contributed by atoms with Crippen molar-refractivity contribution in [2.45, 2.75) is 32.2 Å². The molecule has 0 heterocycles. The molecule has 0 aromatic heterocycles. The van der Waals surface area contributed by atoms with Gasteiger partial charge in [0.15, 0.2) is 0 Å². The predicted octanol–water partition coefficient (Wildman–Crippen LogP) is 3.03. The summed E-state index contributed by atoms with van der Waals surface area (Å²) in [5, 5.41) is 5.33. The Morgan fingerprint density at radius 1 is 1.00 bits per heavy atom. The highest BCUT2D eigenvalue weighted by molar-refractivity contribution is 5.97. The van der Waals surface area contributed by atoms with E-state index in [4.69, 9.17) is 5.73 Å². The molecule has 24 heavy (non-hydrogen) atoms. The molecule has 0 bridgehead atoms. The minimum atomic E-state index is -0.727. The van der Waals surface area contributed by atoms with Crippen molar-refractivity contribution in [3.05, 3.63) is 65.7 Å². The first-order valence-electron chi connectivity index (χ1n) is 7.96. The molecule has 0 aliphatic rings. The molecule has 0 saturated heterocycles. The largest absolute Gasteiger partial charge is 0.352 e. The van der Waals surface area contributed by atoms with Gasteiger partial charge >= 0.3 is 6.03 Å². The monoisotopic (exact) mass is 325 g/mol. The van der Waals surface area contributed by atoms with Gasteiger partial charge in [-0.25, -0.2) is 4.79 Å². The van der Waals surface area contributed by atoms with E-state index in [-0.39, 0.29) is 5.91 Å². The number of rotatable bonds is 6. The summed E-state index contributed by atoms with van der Waals surface area (Å²) in [6.07, 6.45) is 0.375. The highest BCUT2D eigenvalue weighted by Crippen LogP contribution is 2.17. The van der Waals surface area contributed by atoms with Gasteiger partial charge in [0.05, 0.1) is 0 Å². The summed E-state index contributed by atoms with van der Waals surface area (Å²) in [5.74, 6) is 0.132. The molecular weight excluding hydrogens is 302 g/mol. The zero-order valence-corrected chi connectivity index (χ0v) is 14.0. The predicted molar refractivity (Wildman–Crippen MR) is 95.8 cm³/mol. The van der Waals surface area contributed by atoms with Gasteiger partial charge in [-0.15, -0.1) is 0 Å². The van der Waals surface area contributed by atoms with Crippen LogP contribution in [0.5, 0.6) is 0 Å². The maximum Gasteiger partial charge on any atom is 0.312 e. The highest BCUT2D eigenvalue weighted by Gasteiger charge is 2.20. The second-order valence-electron chi connectivity index (χ2n) is 6.02. The number of benzene rings is 2. The lowest BCUT2D eigenvalue weighted by Crippen LogP contribution is -2.47. The van der Waals surface area contributed by atoms with Crippen LogP contribution in [0, 0.1) is 0 Å². The SMILES string of the molecule is CC(C)c1ccc(NC(=O)C(Cc2ccccc2)NC(N)=O)cc1. The van der Waals surface area contributed by atoms with E-state index in [1.54, 1.807) is 0 Å². The zero-order chi connectivity index (χ0) is 17.5. The molecule has 0 radical (unpaired) electrons. The summed E-state index contributed by atoms with van der Waals surface area (Å²) < 4.78 is 0. The van der Waals surface area contributed by atoms with Gasteiger partial charge in [-0.05, 0) is 29.2 Å². The van der Waals surface area contributed by atoms with E-state index >= 15 is 0 Å². The molecule has 4 N–H and O–H groups in total. The third-order valence-electron chi connectivity index (χ3n) is 3.76. The Morgan fingerprint density at radius 3 is 2.17 bits per heavy atom. The van der Waals surface area contributed by atoms with Crippen molar-refractivity contribution < 1.29 is 9.59 Å². The molecule has 1 atom stereocenters. The van der Waals surface area contributed by atoms with Crippen LogP contribution >= 0.6 is 0 Å². The number of hydrogen-bond acceptors (Lipinski definition) is 2. The topological polar surface area (TPSA) is 84.2 Å². The molecule has 5 nitrogen and oxygen atoms in total. The number of hydrogen-bond donors (Lipinski definition) is 3. The Labute approximate surface area is 142 Å². The molecule has 0 fully saturated rings. The lowest BCUT2D eigenvalue weighted by atomic mass is 10.0. The van der Waals surface area contributed by atoms with Crippen molar-refractivity contribution in [1.29, 1.82) is 0 Å². The van der Waals surface area contributed by atoms with Crippen molar-refractivity contribution >= 4 is 17.6 Å². The van der Waals surface area contributed by atoms with Gasteiger partial charge in [0.1, 0.15) is 6.04 Å². The summed E-state index contributed by atoms with van der Waals surface area (Å²) in [6, 6.07) is 15.7. The Balaban J connectivity index is 2.08. The van der Waals surface area contributed by atoms with Crippen LogP contribution in [0.25, 0.3) is 0 Å². The minimum absolute atomic E-state index is 0.296. The molecule has 3 amide bonds. The number of nitrogens with one attached hydrogen (secondary N) is 2. The molecule has 126 valence electrons. The molecule has 5 heteroatoms. The average Bonchev–Trinajstić information content (AvgIpc) is 2.55. The number of carbonyl (C=O) groups is 2. The average molecular weight is 325 g/mol. The van der Waals surface area contributed by atoms with Crippen LogP contribution in [-0.2, 0) is 11.2 Å². The number of urea groups is 1. The Kier molecular flexibility index (Phi) is 5.95. The lowest BCUT2D eigenvalue weighted by Gasteiger charge is -2.18. The highest BCUT2D eigenvalue weighted by atomic mass is 16.2. The van der Waals surface area contributed by atoms with Gasteiger partial charge in [-0.3, -0.25) is 4.79 Å². The van der Waals surface area contributed by atoms with Crippen LogP contribution in [0.3, 0.4) is 0 Å². The van der Waals surface area contributed by atoms with E-state index in [1.807, 2.05) is 54.6 Å². The standard InChI is InChI=1S/C19H23N3O2/c1-13(2)15-8-10-16(11-9-15)21-18(23)17(22-19(20)24)12-14-6-4-3-5-7-14/h3-11,13,17H,12H2,1-2H3,(H,21,23)(H3,20,22,24). The van der Waals surface area contributed by atoms with E-state index in [9.17, 15) is 9.59 Å². The Morgan fingerprint density at radius 2 is 1.62 bits per heavy atom. The first-order valence-corrected chi connectivity index (χ1v) is 7.96. The summed E-state index contributed by atoms with van der Waals surface area (Å²) in [7, 11) is 0. The summed E-state index contributed by atoms with van der Waals surface area (Å²) in [4.78, 5) is 23.7. The second kappa shape index (κ2) is 8.15. The van der Waals surface area contributed by atoms with Gasteiger partial charge in [-0.2, -0.15) is 0 Å². The Hall–Kier alpha value is -2.82. The molecule has 2 aromatic carbocycles. The number of primary amides is 1. The number of carbonyl (C=O) groups excluding carboxylic acids is 2. The van der Waals surface area contributed by atoms with E-state index in [1.165, 1.54) is 5.56 Å². The maximum atomic E-state index is 12.5. The molecule has 2 rings (SSSR count). The van der Waals surface area contributed by atoms with E-state index in [0.717, 1.165) is 5.56 Å². The van der Waals surface area contributed by atoms with E-state index < -0.39 is 12.1 Å². The molecule has 0 spiro atoms. The normalized spacial score (nSPS) is 11.8. The number of anilines is 1. The molecular formula is C19H23N3O2. The van der Waals surface area contributed by atoms with Gasteiger partial charge in [-0.1, -0.05) is 56.3 Å². The van der Waals surface area contributed by atoms with Crippen molar-refractivity contribution in [3.8, 4) is 0 Å². The number of nitrogens with two attached hydrogens (primary N) is 1. The van der Waals surface area contributed by atoms with Crippen LogP contribution in [-0.4, -0.2) is 18.0 Å². The van der Waals surface area contributed by atoms with Crippen molar-refractivity contribution in [3.63, 3.8) is 0 Å². The van der Waals surface area contributed by atoms with Crippen molar-refractivity contribution in [1.82, 2.24) is 5.32 Å². The van der Waals surface area contributed by atoms with Gasteiger partial charge in [0.25, 0.3) is 0 Å². The smallest absolute Gasteiger partial charge is 0.312 e. The van der Waals surface area contributed by atoms with E-state index in [0.29, 0.717) is 18.0 Å². The minimum Gasteiger partial charge on any atom is -0.352 e. The second-order valence-corrected chi connectivity index (χ2v) is 6.02. The summed E-state index contributed by atoms with van der Waals surface area (Å²) >= 11 is 0. The van der Waals surface area contributed by atoms with Crippen molar-refractivity contribution in [2.24, 2.45) is 5.73 Å². The lowest BCUT2D eigenvalue weighted by molar-refractivity contribution is -0.117. The maximum absolute atomic E-state index is 12.5. The van der Waals surface area contributed by atoms with Gasteiger partial charge in [0, 0.05) is 12.1 Å². The molecule has 1 unspecified atom stereocenters. The van der Waals surface area contributed by atoms with E-state index in [2.05, 4.69) is 24.5 Å². The van der Waals surface area contributed by atoms with Crippen LogP contribution in [0.2, 0.25) is 0 Å². The fraction of sp³-hybridized carbons (Fsp3) is 0.263. The molecule has 0 aliphatic heterocycles. The quantitative estimate of drug-likeness (QED) is 0.762. The molecule has 2 aromatic rings. The third kappa shape index (κ3) is 5.12. The number of amides is 3. The summed E-state index contributed by atoms with van der Waals surface area (Å²) in [5.41, 5.74) is 8.03. The Bertz CT molecular complexity index is 682. The fourth-order valence-electron chi connectivity index (χ4n) is 2.41.